The average molecular weight is 327 g/mol. The number of fused-ring (bicyclic) bond motifs is 1. The van der Waals surface area contributed by atoms with Gasteiger partial charge in [0.05, 0.1) is 0 Å². The monoisotopic (exact) mass is 327 g/mol. The first-order chi connectivity index (χ1) is 11.6. The lowest BCUT2D eigenvalue weighted by atomic mass is 9.94. The van der Waals surface area contributed by atoms with Gasteiger partial charge in [0.1, 0.15) is 5.60 Å². The highest BCUT2D eigenvalue weighted by Crippen LogP contribution is 2.48. The predicted octanol–water partition coefficient (Wildman–Crippen LogP) is 3.64. The molecule has 2 aliphatic heterocycles. The Hall–Kier alpha value is -1.72. The molecule has 1 aromatic carbocycles. The van der Waals surface area contributed by atoms with Crippen molar-refractivity contribution in [1.29, 1.82) is 0 Å². The van der Waals surface area contributed by atoms with Crippen LogP contribution in [0.3, 0.4) is 0 Å². The molecule has 0 unspecified atom stereocenters. The van der Waals surface area contributed by atoms with Crippen molar-refractivity contribution in [3.05, 3.63) is 47.6 Å². The molecule has 2 aromatic rings. The molecule has 2 fully saturated rings. The molecular weight excluding hydrogens is 302 g/mol. The van der Waals surface area contributed by atoms with E-state index in [9.17, 15) is 0 Å². The summed E-state index contributed by atoms with van der Waals surface area (Å²) in [6.45, 7) is 5.07. The second kappa shape index (κ2) is 5.97. The summed E-state index contributed by atoms with van der Waals surface area (Å²) >= 11 is 0. The fourth-order valence-electron chi connectivity index (χ4n) is 4.16. The highest BCUT2D eigenvalue weighted by atomic mass is 16.5. The number of aromatic nitrogens is 2. The number of nitrogens with zero attached hydrogens (tertiary/aromatic N) is 3. The average Bonchev–Trinajstić information content (AvgIpc) is 3.31. The minimum absolute atomic E-state index is 0.336. The van der Waals surface area contributed by atoms with Gasteiger partial charge in [0, 0.05) is 25.1 Å². The number of hydrogen-bond donors (Lipinski definition) is 0. The molecule has 0 radical (unpaired) electrons. The highest BCUT2D eigenvalue weighted by Gasteiger charge is 2.46. The summed E-state index contributed by atoms with van der Waals surface area (Å²) < 4.78 is 11.0. The van der Waals surface area contributed by atoms with Crippen LogP contribution in [0.25, 0.3) is 0 Å². The van der Waals surface area contributed by atoms with E-state index in [1.165, 1.54) is 18.4 Å². The molecule has 2 saturated heterocycles. The molecule has 0 spiro atoms. The number of benzene rings is 1. The predicted molar refractivity (Wildman–Crippen MR) is 90.6 cm³/mol. The molecule has 5 nitrogen and oxygen atoms in total. The number of rotatable bonds is 4. The summed E-state index contributed by atoms with van der Waals surface area (Å²) in [5.74, 6) is 1.74. The van der Waals surface area contributed by atoms with Crippen LogP contribution in [-0.2, 0) is 10.3 Å². The van der Waals surface area contributed by atoms with Crippen molar-refractivity contribution in [3.63, 3.8) is 0 Å². The Morgan fingerprint density at radius 3 is 2.79 bits per heavy atom. The molecule has 3 atom stereocenters. The summed E-state index contributed by atoms with van der Waals surface area (Å²) in [4.78, 5) is 7.33. The van der Waals surface area contributed by atoms with E-state index in [2.05, 4.69) is 40.4 Å². The standard InChI is InChI=1S/C19H25N3O2/c1-19(2,23-3)18-20-17(21-24-18)14-12-16(13-8-5-4-6-9-13)22-11-7-10-15(14)22/h4-6,8-9,14-16H,7,10-12H2,1-3H3/t14-,15+,16-/m0/s1. The Labute approximate surface area is 143 Å². The molecular formula is C19H25N3O2. The van der Waals surface area contributed by atoms with Crippen molar-refractivity contribution in [2.45, 2.75) is 56.7 Å². The van der Waals surface area contributed by atoms with Gasteiger partial charge >= 0.3 is 0 Å². The van der Waals surface area contributed by atoms with Crippen molar-refractivity contribution in [2.24, 2.45) is 0 Å². The fourth-order valence-corrected chi connectivity index (χ4v) is 4.16. The Morgan fingerprint density at radius 2 is 2.04 bits per heavy atom. The van der Waals surface area contributed by atoms with Gasteiger partial charge in [-0.2, -0.15) is 4.98 Å². The van der Waals surface area contributed by atoms with E-state index in [4.69, 9.17) is 14.2 Å². The van der Waals surface area contributed by atoms with Crippen LogP contribution in [0, 0.1) is 0 Å². The van der Waals surface area contributed by atoms with Crippen LogP contribution < -0.4 is 0 Å². The lowest BCUT2D eigenvalue weighted by Crippen LogP contribution is -2.27. The Bertz CT molecular complexity index is 698. The molecule has 0 amide bonds. The first-order valence-electron chi connectivity index (χ1n) is 8.80. The molecule has 5 heteroatoms. The van der Waals surface area contributed by atoms with E-state index in [0.717, 1.165) is 18.8 Å². The molecule has 3 heterocycles. The zero-order valence-corrected chi connectivity index (χ0v) is 14.6. The summed E-state index contributed by atoms with van der Waals surface area (Å²) in [6, 6.07) is 11.8. The molecule has 0 bridgehead atoms. The third kappa shape index (κ3) is 2.56. The second-order valence-electron chi connectivity index (χ2n) is 7.39. The van der Waals surface area contributed by atoms with Crippen LogP contribution in [0.2, 0.25) is 0 Å². The van der Waals surface area contributed by atoms with Gasteiger partial charge in [-0.1, -0.05) is 35.5 Å². The van der Waals surface area contributed by atoms with E-state index in [1.807, 2.05) is 13.8 Å². The molecule has 1 aromatic heterocycles. The fraction of sp³-hybridized carbons (Fsp3) is 0.579. The third-order valence-electron chi connectivity index (χ3n) is 5.67. The second-order valence-corrected chi connectivity index (χ2v) is 7.39. The molecule has 0 saturated carbocycles. The molecule has 0 N–H and O–H groups in total. The van der Waals surface area contributed by atoms with Crippen LogP contribution in [0.5, 0.6) is 0 Å². The largest absolute Gasteiger partial charge is 0.369 e. The summed E-state index contributed by atoms with van der Waals surface area (Å²) in [5.41, 5.74) is 0.853. The number of ether oxygens (including phenoxy) is 1. The zero-order valence-electron chi connectivity index (χ0n) is 14.6. The van der Waals surface area contributed by atoms with Crippen LogP contribution in [0.1, 0.15) is 62.3 Å². The van der Waals surface area contributed by atoms with E-state index < -0.39 is 5.60 Å². The van der Waals surface area contributed by atoms with Gasteiger partial charge < -0.3 is 9.26 Å². The smallest absolute Gasteiger partial charge is 0.258 e. The Kier molecular flexibility index (Phi) is 3.93. The minimum atomic E-state index is -0.544. The van der Waals surface area contributed by atoms with Gasteiger partial charge in [-0.3, -0.25) is 4.90 Å². The molecule has 4 rings (SSSR count). The lowest BCUT2D eigenvalue weighted by molar-refractivity contribution is -0.00786. The quantitative estimate of drug-likeness (QED) is 0.858. The third-order valence-corrected chi connectivity index (χ3v) is 5.67. The topological polar surface area (TPSA) is 51.4 Å². The van der Waals surface area contributed by atoms with Crippen molar-refractivity contribution in [2.75, 3.05) is 13.7 Å². The lowest BCUT2D eigenvalue weighted by Gasteiger charge is -2.24. The van der Waals surface area contributed by atoms with E-state index in [0.29, 0.717) is 23.9 Å². The summed E-state index contributed by atoms with van der Waals surface area (Å²) in [7, 11) is 1.67. The minimum Gasteiger partial charge on any atom is -0.369 e. The van der Waals surface area contributed by atoms with Crippen LogP contribution in [0.15, 0.2) is 34.9 Å². The molecule has 24 heavy (non-hydrogen) atoms. The summed E-state index contributed by atoms with van der Waals surface area (Å²) in [6.07, 6.45) is 3.52. The van der Waals surface area contributed by atoms with Gasteiger partial charge in [0.2, 0.25) is 0 Å². The van der Waals surface area contributed by atoms with Crippen molar-refractivity contribution in [1.82, 2.24) is 15.0 Å². The van der Waals surface area contributed by atoms with Crippen LogP contribution in [0.4, 0.5) is 0 Å². The maximum atomic E-state index is 5.52. The first-order valence-corrected chi connectivity index (χ1v) is 8.80. The van der Waals surface area contributed by atoms with Crippen molar-refractivity contribution >= 4 is 0 Å². The van der Waals surface area contributed by atoms with Crippen molar-refractivity contribution in [3.8, 4) is 0 Å². The van der Waals surface area contributed by atoms with Gasteiger partial charge in [0.25, 0.3) is 5.89 Å². The van der Waals surface area contributed by atoms with Gasteiger partial charge in [0.15, 0.2) is 5.82 Å². The molecule has 0 aliphatic carbocycles. The highest BCUT2D eigenvalue weighted by molar-refractivity contribution is 5.24. The van der Waals surface area contributed by atoms with Crippen LogP contribution in [-0.4, -0.2) is 34.7 Å². The SMILES string of the molecule is COC(C)(C)c1nc([C@H]2C[C@@H](c3ccccc3)N3CCC[C@H]23)no1. The van der Waals surface area contributed by atoms with E-state index >= 15 is 0 Å². The number of methoxy groups -OCH3 is 1. The Balaban J connectivity index is 1.62. The normalized spacial score (nSPS) is 27.5. The zero-order chi connectivity index (χ0) is 16.7. The van der Waals surface area contributed by atoms with Crippen LogP contribution >= 0.6 is 0 Å². The maximum Gasteiger partial charge on any atom is 0.258 e. The van der Waals surface area contributed by atoms with E-state index in [-0.39, 0.29) is 0 Å². The Morgan fingerprint density at radius 1 is 1.25 bits per heavy atom. The maximum absolute atomic E-state index is 5.52. The van der Waals surface area contributed by atoms with Crippen molar-refractivity contribution < 1.29 is 9.26 Å². The summed E-state index contributed by atoms with van der Waals surface area (Å²) in [5, 5.41) is 4.31. The first kappa shape index (κ1) is 15.8. The molecule has 128 valence electrons. The van der Waals surface area contributed by atoms with Gasteiger partial charge in [-0.25, -0.2) is 0 Å². The number of hydrogen-bond acceptors (Lipinski definition) is 5. The molecule has 2 aliphatic rings. The van der Waals surface area contributed by atoms with Gasteiger partial charge in [-0.05, 0) is 45.2 Å². The van der Waals surface area contributed by atoms with Gasteiger partial charge in [-0.15, -0.1) is 0 Å². The van der Waals surface area contributed by atoms with E-state index in [1.54, 1.807) is 7.11 Å².